The van der Waals surface area contributed by atoms with Crippen molar-refractivity contribution in [1.82, 2.24) is 4.90 Å². The monoisotopic (exact) mass is 181 g/mol. The number of nitrogens with zero attached hydrogens (tertiary/aromatic N) is 1. The minimum absolute atomic E-state index is 0.167. The summed E-state index contributed by atoms with van der Waals surface area (Å²) < 4.78 is 37.2. The van der Waals surface area contributed by atoms with E-state index >= 15 is 0 Å². The Morgan fingerprint density at radius 1 is 1.25 bits per heavy atom. The molecule has 0 aliphatic heterocycles. The summed E-state index contributed by atoms with van der Waals surface area (Å²) in [5.74, 6) is -0.167. The van der Waals surface area contributed by atoms with Crippen molar-refractivity contribution in [2.24, 2.45) is 5.92 Å². The maximum absolute atomic E-state index is 12.4. The van der Waals surface area contributed by atoms with Crippen molar-refractivity contribution in [3.05, 3.63) is 0 Å². The molecule has 0 spiro atoms. The van der Waals surface area contributed by atoms with Crippen LogP contribution in [0.15, 0.2) is 0 Å². The molecule has 0 amide bonds. The molecule has 1 unspecified atom stereocenters. The Morgan fingerprint density at radius 3 is 1.83 bits per heavy atom. The molecule has 0 heterocycles. The number of hydrogen-bond acceptors (Lipinski definition) is 1. The van der Waals surface area contributed by atoms with Gasteiger partial charge in [0.2, 0.25) is 0 Å². The maximum atomic E-state index is 12.4. The van der Waals surface area contributed by atoms with E-state index in [9.17, 15) is 13.2 Å². The van der Waals surface area contributed by atoms with E-state index in [2.05, 4.69) is 0 Å². The third-order valence-electron chi connectivity index (χ3n) is 2.49. The lowest BCUT2D eigenvalue weighted by Gasteiger charge is -2.38. The molecule has 72 valence electrons. The lowest BCUT2D eigenvalue weighted by Crippen LogP contribution is -2.48. The fourth-order valence-electron chi connectivity index (χ4n) is 1.74. The highest BCUT2D eigenvalue weighted by Crippen LogP contribution is 2.39. The van der Waals surface area contributed by atoms with Crippen LogP contribution in [-0.2, 0) is 0 Å². The Bertz CT molecular complexity index is 149. The SMILES string of the molecule is CN(C)C(C1CCC1)C(F)(F)F. The van der Waals surface area contributed by atoms with Crippen LogP contribution in [0.5, 0.6) is 0 Å². The van der Waals surface area contributed by atoms with Crippen molar-refractivity contribution < 1.29 is 13.2 Å². The van der Waals surface area contributed by atoms with E-state index in [0.717, 1.165) is 19.3 Å². The molecule has 0 bridgehead atoms. The van der Waals surface area contributed by atoms with Gasteiger partial charge in [0.05, 0.1) is 0 Å². The summed E-state index contributed by atoms with van der Waals surface area (Å²) in [6, 6.07) is -1.23. The van der Waals surface area contributed by atoms with E-state index in [1.165, 1.54) is 19.0 Å². The first-order chi connectivity index (χ1) is 5.43. The van der Waals surface area contributed by atoms with Gasteiger partial charge in [-0.25, -0.2) is 0 Å². The second-order valence-electron chi connectivity index (χ2n) is 3.64. The van der Waals surface area contributed by atoms with E-state index in [0.29, 0.717) is 0 Å². The van der Waals surface area contributed by atoms with Gasteiger partial charge < -0.3 is 0 Å². The highest BCUT2D eigenvalue weighted by Gasteiger charge is 2.47. The van der Waals surface area contributed by atoms with E-state index in [1.54, 1.807) is 0 Å². The first-order valence-electron chi connectivity index (χ1n) is 4.16. The van der Waals surface area contributed by atoms with Gasteiger partial charge in [-0.3, -0.25) is 4.90 Å². The quantitative estimate of drug-likeness (QED) is 0.631. The summed E-state index contributed by atoms with van der Waals surface area (Å²) in [5.41, 5.74) is 0. The molecule has 1 atom stereocenters. The van der Waals surface area contributed by atoms with Crippen molar-refractivity contribution in [2.45, 2.75) is 31.5 Å². The van der Waals surface area contributed by atoms with E-state index in [-0.39, 0.29) is 5.92 Å². The molecule has 1 rings (SSSR count). The summed E-state index contributed by atoms with van der Waals surface area (Å²) in [6.45, 7) is 0. The van der Waals surface area contributed by atoms with Gasteiger partial charge in [0.1, 0.15) is 6.04 Å². The smallest absolute Gasteiger partial charge is 0.298 e. The predicted octanol–water partition coefficient (Wildman–Crippen LogP) is 2.28. The van der Waals surface area contributed by atoms with Crippen LogP contribution in [0.25, 0.3) is 0 Å². The van der Waals surface area contributed by atoms with Crippen LogP contribution >= 0.6 is 0 Å². The number of hydrogen-bond donors (Lipinski definition) is 0. The molecular weight excluding hydrogens is 167 g/mol. The van der Waals surface area contributed by atoms with Crippen molar-refractivity contribution in [1.29, 1.82) is 0 Å². The van der Waals surface area contributed by atoms with Crippen LogP contribution in [0, 0.1) is 5.92 Å². The Balaban J connectivity index is 2.60. The summed E-state index contributed by atoms with van der Waals surface area (Å²) in [4.78, 5) is 1.28. The maximum Gasteiger partial charge on any atom is 0.404 e. The molecule has 4 heteroatoms. The second kappa shape index (κ2) is 3.24. The van der Waals surface area contributed by atoms with Crippen molar-refractivity contribution in [2.75, 3.05) is 14.1 Å². The van der Waals surface area contributed by atoms with Gasteiger partial charge in [-0.1, -0.05) is 6.42 Å². The van der Waals surface area contributed by atoms with Gasteiger partial charge in [0.25, 0.3) is 0 Å². The first-order valence-corrected chi connectivity index (χ1v) is 4.16. The van der Waals surface area contributed by atoms with Crippen LogP contribution < -0.4 is 0 Å². The summed E-state index contributed by atoms with van der Waals surface area (Å²) in [7, 11) is 2.99. The lowest BCUT2D eigenvalue weighted by atomic mass is 9.79. The third kappa shape index (κ3) is 1.91. The zero-order chi connectivity index (χ0) is 9.35. The Kier molecular flexibility index (Phi) is 2.66. The normalized spacial score (nSPS) is 22.5. The number of halogens is 3. The minimum Gasteiger partial charge on any atom is -0.298 e. The first kappa shape index (κ1) is 9.84. The minimum atomic E-state index is -4.06. The van der Waals surface area contributed by atoms with Crippen molar-refractivity contribution >= 4 is 0 Å². The molecule has 1 nitrogen and oxygen atoms in total. The Morgan fingerprint density at radius 2 is 1.75 bits per heavy atom. The largest absolute Gasteiger partial charge is 0.404 e. The van der Waals surface area contributed by atoms with Crippen molar-refractivity contribution in [3.63, 3.8) is 0 Å². The van der Waals surface area contributed by atoms with Crippen LogP contribution in [0.3, 0.4) is 0 Å². The molecule has 1 fully saturated rings. The number of alkyl halides is 3. The van der Waals surface area contributed by atoms with Gasteiger partial charge in [0, 0.05) is 0 Å². The molecular formula is C8H14F3N. The molecule has 0 aromatic carbocycles. The molecule has 0 radical (unpaired) electrons. The fraction of sp³-hybridized carbons (Fsp3) is 1.00. The number of rotatable bonds is 2. The highest BCUT2D eigenvalue weighted by molar-refractivity contribution is 4.87. The zero-order valence-electron chi connectivity index (χ0n) is 7.36. The highest BCUT2D eigenvalue weighted by atomic mass is 19.4. The summed E-state index contributed by atoms with van der Waals surface area (Å²) in [5, 5.41) is 0. The van der Waals surface area contributed by atoms with Crippen LogP contribution in [0.1, 0.15) is 19.3 Å². The lowest BCUT2D eigenvalue weighted by molar-refractivity contribution is -0.197. The van der Waals surface area contributed by atoms with E-state index in [1.807, 2.05) is 0 Å². The molecule has 1 aliphatic carbocycles. The van der Waals surface area contributed by atoms with Gasteiger partial charge in [-0.2, -0.15) is 13.2 Å². The summed E-state index contributed by atoms with van der Waals surface area (Å²) in [6.07, 6.45) is -1.66. The average Bonchev–Trinajstić information content (AvgIpc) is 1.73. The van der Waals surface area contributed by atoms with Crippen LogP contribution in [0.4, 0.5) is 13.2 Å². The predicted molar refractivity (Wildman–Crippen MR) is 40.9 cm³/mol. The van der Waals surface area contributed by atoms with Gasteiger partial charge >= 0.3 is 6.18 Å². The molecule has 0 saturated heterocycles. The molecule has 0 N–H and O–H groups in total. The standard InChI is InChI=1S/C8H14F3N/c1-12(2)7(8(9,10)11)6-4-3-5-6/h6-7H,3-5H2,1-2H3. The van der Waals surface area contributed by atoms with E-state index < -0.39 is 12.2 Å². The van der Waals surface area contributed by atoms with Gasteiger partial charge in [-0.15, -0.1) is 0 Å². The van der Waals surface area contributed by atoms with Crippen LogP contribution in [-0.4, -0.2) is 31.2 Å². The summed E-state index contributed by atoms with van der Waals surface area (Å²) >= 11 is 0. The molecule has 0 aromatic rings. The topological polar surface area (TPSA) is 3.24 Å². The van der Waals surface area contributed by atoms with Gasteiger partial charge in [-0.05, 0) is 32.9 Å². The third-order valence-corrected chi connectivity index (χ3v) is 2.49. The second-order valence-corrected chi connectivity index (χ2v) is 3.64. The average molecular weight is 181 g/mol. The van der Waals surface area contributed by atoms with Gasteiger partial charge in [0.15, 0.2) is 0 Å². The molecule has 12 heavy (non-hydrogen) atoms. The fourth-order valence-corrected chi connectivity index (χ4v) is 1.74. The molecule has 1 aliphatic rings. The van der Waals surface area contributed by atoms with Crippen LogP contribution in [0.2, 0.25) is 0 Å². The zero-order valence-corrected chi connectivity index (χ0v) is 7.36. The Hall–Kier alpha value is -0.250. The molecule has 1 saturated carbocycles. The van der Waals surface area contributed by atoms with Crippen molar-refractivity contribution in [3.8, 4) is 0 Å². The van der Waals surface area contributed by atoms with E-state index in [4.69, 9.17) is 0 Å². The Labute approximate surface area is 70.5 Å². The molecule has 0 aromatic heterocycles.